The van der Waals surface area contributed by atoms with Gasteiger partial charge in [0, 0.05) is 24.1 Å². The van der Waals surface area contributed by atoms with Gasteiger partial charge in [-0.05, 0) is 62.0 Å². The third kappa shape index (κ3) is 2.15. The monoisotopic (exact) mass is 246 g/mol. The summed E-state index contributed by atoms with van der Waals surface area (Å²) in [5, 5.41) is 4.38. The third-order valence-electron chi connectivity index (χ3n) is 3.96. The summed E-state index contributed by atoms with van der Waals surface area (Å²) in [4.78, 5) is 0. The van der Waals surface area contributed by atoms with E-state index in [4.69, 9.17) is 0 Å². The Hall–Kier alpha value is -1.35. The molecule has 1 aromatic carbocycles. The van der Waals surface area contributed by atoms with Crippen LogP contribution in [0.15, 0.2) is 24.4 Å². The van der Waals surface area contributed by atoms with Gasteiger partial charge < -0.3 is 9.88 Å². The zero-order valence-electron chi connectivity index (χ0n) is 10.7. The van der Waals surface area contributed by atoms with Crippen molar-refractivity contribution in [2.75, 3.05) is 13.1 Å². The fraction of sp³-hybridized carbons (Fsp3) is 0.467. The van der Waals surface area contributed by atoms with E-state index >= 15 is 0 Å². The van der Waals surface area contributed by atoms with Crippen molar-refractivity contribution in [1.82, 2.24) is 9.88 Å². The van der Waals surface area contributed by atoms with E-state index in [1.165, 1.54) is 12.8 Å². The van der Waals surface area contributed by atoms with Gasteiger partial charge in [-0.2, -0.15) is 0 Å². The maximum absolute atomic E-state index is 14.1. The Kier molecular flexibility index (Phi) is 3.08. The molecular formula is C15H19FN2. The second-order valence-corrected chi connectivity index (χ2v) is 5.35. The summed E-state index contributed by atoms with van der Waals surface area (Å²) in [6, 6.07) is 5.64. The Labute approximate surface area is 107 Å². The van der Waals surface area contributed by atoms with Crippen molar-refractivity contribution < 1.29 is 4.39 Å². The van der Waals surface area contributed by atoms with E-state index in [0.717, 1.165) is 36.0 Å². The highest BCUT2D eigenvalue weighted by atomic mass is 19.1. The lowest BCUT2D eigenvalue weighted by Crippen LogP contribution is -2.31. The molecule has 2 aromatic rings. The molecule has 3 heteroatoms. The number of benzene rings is 1. The molecule has 1 aliphatic rings. The minimum absolute atomic E-state index is 0.0562. The van der Waals surface area contributed by atoms with Crippen LogP contribution in [0.2, 0.25) is 0 Å². The molecule has 1 N–H and O–H groups in total. The SMILES string of the molecule is Cn1ccc2cc(F)c(CC3CCCNC3)cc21. The standard InChI is InChI=1S/C15H19FN2/c1-18-6-4-12-8-14(16)13(9-15(12)18)7-11-3-2-5-17-10-11/h4,6,8-9,11,17H,2-3,5,7,10H2,1H3. The molecule has 1 saturated heterocycles. The number of fused-ring (bicyclic) bond motifs is 1. The maximum Gasteiger partial charge on any atom is 0.127 e. The minimum Gasteiger partial charge on any atom is -0.351 e. The van der Waals surface area contributed by atoms with E-state index in [-0.39, 0.29) is 5.82 Å². The number of piperidine rings is 1. The number of halogens is 1. The molecule has 0 amide bonds. The van der Waals surface area contributed by atoms with E-state index in [0.29, 0.717) is 5.92 Å². The summed E-state index contributed by atoms with van der Waals surface area (Å²) in [7, 11) is 2.01. The lowest BCUT2D eigenvalue weighted by molar-refractivity contribution is 0.372. The highest BCUT2D eigenvalue weighted by Crippen LogP contribution is 2.24. The average Bonchev–Trinajstić information content (AvgIpc) is 2.73. The molecule has 1 fully saturated rings. The van der Waals surface area contributed by atoms with E-state index in [1.54, 1.807) is 6.07 Å². The molecule has 1 unspecified atom stereocenters. The highest BCUT2D eigenvalue weighted by Gasteiger charge is 2.16. The van der Waals surface area contributed by atoms with Crippen LogP contribution in [0, 0.1) is 11.7 Å². The lowest BCUT2D eigenvalue weighted by Gasteiger charge is -2.23. The number of aromatic nitrogens is 1. The van der Waals surface area contributed by atoms with E-state index in [9.17, 15) is 4.39 Å². The van der Waals surface area contributed by atoms with Crippen LogP contribution in [-0.2, 0) is 13.5 Å². The molecule has 0 saturated carbocycles. The van der Waals surface area contributed by atoms with E-state index in [2.05, 4.69) is 9.88 Å². The topological polar surface area (TPSA) is 17.0 Å². The number of rotatable bonds is 2. The number of hydrogen-bond acceptors (Lipinski definition) is 1. The molecule has 3 rings (SSSR count). The van der Waals surface area contributed by atoms with Crippen LogP contribution in [0.1, 0.15) is 18.4 Å². The maximum atomic E-state index is 14.1. The van der Waals surface area contributed by atoms with Crippen LogP contribution in [0.4, 0.5) is 4.39 Å². The number of nitrogens with zero attached hydrogens (tertiary/aromatic N) is 1. The quantitative estimate of drug-likeness (QED) is 0.862. The first kappa shape index (κ1) is 11.7. The van der Waals surface area contributed by atoms with Crippen molar-refractivity contribution in [2.24, 2.45) is 13.0 Å². The van der Waals surface area contributed by atoms with Gasteiger partial charge in [0.25, 0.3) is 0 Å². The molecule has 0 bridgehead atoms. The van der Waals surface area contributed by atoms with E-state index in [1.807, 2.05) is 25.4 Å². The molecule has 2 heterocycles. The predicted molar refractivity (Wildman–Crippen MR) is 72.2 cm³/mol. The molecule has 1 aromatic heterocycles. The smallest absolute Gasteiger partial charge is 0.127 e. The first-order valence-corrected chi connectivity index (χ1v) is 6.68. The summed E-state index contributed by atoms with van der Waals surface area (Å²) >= 11 is 0. The fourth-order valence-electron chi connectivity index (χ4n) is 2.90. The van der Waals surface area contributed by atoms with Gasteiger partial charge in [-0.25, -0.2) is 4.39 Å². The van der Waals surface area contributed by atoms with Crippen LogP contribution < -0.4 is 5.32 Å². The fourth-order valence-corrected chi connectivity index (χ4v) is 2.90. The average molecular weight is 246 g/mol. The molecule has 18 heavy (non-hydrogen) atoms. The van der Waals surface area contributed by atoms with Gasteiger partial charge in [0.2, 0.25) is 0 Å². The predicted octanol–water partition coefficient (Wildman–Crippen LogP) is 2.86. The lowest BCUT2D eigenvalue weighted by atomic mass is 9.92. The Morgan fingerprint density at radius 2 is 2.33 bits per heavy atom. The summed E-state index contributed by atoms with van der Waals surface area (Å²) in [6.45, 7) is 2.13. The zero-order chi connectivity index (χ0) is 12.5. The summed E-state index contributed by atoms with van der Waals surface area (Å²) in [5.41, 5.74) is 1.98. The van der Waals surface area contributed by atoms with Crippen molar-refractivity contribution in [3.63, 3.8) is 0 Å². The summed E-state index contributed by atoms with van der Waals surface area (Å²) in [5.74, 6) is 0.519. The third-order valence-corrected chi connectivity index (χ3v) is 3.96. The van der Waals surface area contributed by atoms with Crippen molar-refractivity contribution in [3.8, 4) is 0 Å². The molecule has 0 spiro atoms. The molecular weight excluding hydrogens is 227 g/mol. The van der Waals surface area contributed by atoms with Gasteiger partial charge >= 0.3 is 0 Å². The highest BCUT2D eigenvalue weighted by molar-refractivity contribution is 5.80. The van der Waals surface area contributed by atoms with Crippen molar-refractivity contribution in [3.05, 3.63) is 35.8 Å². The van der Waals surface area contributed by atoms with Gasteiger partial charge in [0.05, 0.1) is 0 Å². The van der Waals surface area contributed by atoms with Crippen molar-refractivity contribution in [1.29, 1.82) is 0 Å². The molecule has 0 radical (unpaired) electrons. The molecule has 1 aliphatic heterocycles. The Morgan fingerprint density at radius 3 is 3.11 bits per heavy atom. The van der Waals surface area contributed by atoms with Gasteiger partial charge in [0.1, 0.15) is 5.82 Å². The van der Waals surface area contributed by atoms with Crippen LogP contribution >= 0.6 is 0 Å². The Balaban J connectivity index is 1.90. The molecule has 96 valence electrons. The van der Waals surface area contributed by atoms with Gasteiger partial charge in [-0.15, -0.1) is 0 Å². The normalized spacial score (nSPS) is 20.4. The Bertz CT molecular complexity index is 553. The first-order chi connectivity index (χ1) is 8.74. The molecule has 0 aliphatic carbocycles. The largest absolute Gasteiger partial charge is 0.351 e. The first-order valence-electron chi connectivity index (χ1n) is 6.68. The number of hydrogen-bond donors (Lipinski definition) is 1. The summed E-state index contributed by atoms with van der Waals surface area (Å²) < 4.78 is 16.1. The van der Waals surface area contributed by atoms with Crippen molar-refractivity contribution in [2.45, 2.75) is 19.3 Å². The summed E-state index contributed by atoms with van der Waals surface area (Å²) in [6.07, 6.45) is 5.24. The molecule has 1 atom stereocenters. The van der Waals surface area contributed by atoms with Crippen molar-refractivity contribution >= 4 is 10.9 Å². The van der Waals surface area contributed by atoms with Crippen LogP contribution in [-0.4, -0.2) is 17.7 Å². The van der Waals surface area contributed by atoms with Gasteiger partial charge in [-0.3, -0.25) is 0 Å². The Morgan fingerprint density at radius 1 is 1.44 bits per heavy atom. The second-order valence-electron chi connectivity index (χ2n) is 5.35. The van der Waals surface area contributed by atoms with Crippen LogP contribution in [0.5, 0.6) is 0 Å². The number of aryl methyl sites for hydroxylation is 1. The van der Waals surface area contributed by atoms with Crippen LogP contribution in [0.3, 0.4) is 0 Å². The van der Waals surface area contributed by atoms with E-state index < -0.39 is 0 Å². The zero-order valence-corrected chi connectivity index (χ0v) is 10.7. The molecule has 2 nitrogen and oxygen atoms in total. The van der Waals surface area contributed by atoms with Gasteiger partial charge in [-0.1, -0.05) is 0 Å². The minimum atomic E-state index is -0.0562. The second kappa shape index (κ2) is 4.73. The van der Waals surface area contributed by atoms with Crippen LogP contribution in [0.25, 0.3) is 10.9 Å². The number of nitrogens with one attached hydrogen (secondary N) is 1. The van der Waals surface area contributed by atoms with Gasteiger partial charge in [0.15, 0.2) is 0 Å².